The zero-order valence-corrected chi connectivity index (χ0v) is 11.9. The molecule has 20 heavy (non-hydrogen) atoms. The van der Waals surface area contributed by atoms with Gasteiger partial charge in [0.25, 0.3) is 0 Å². The fraction of sp³-hybridized carbons (Fsp3) is 0.500. The first kappa shape index (κ1) is 16.1. The lowest BCUT2D eigenvalue weighted by Gasteiger charge is -2.09. The average Bonchev–Trinajstić information content (AvgIpc) is 2.37. The van der Waals surface area contributed by atoms with Crippen LogP contribution in [0.1, 0.15) is 31.1 Å². The largest absolute Gasteiger partial charge is 0.484 e. The highest BCUT2D eigenvalue weighted by Crippen LogP contribution is 2.28. The maximum atomic E-state index is 11.2. The van der Waals surface area contributed by atoms with Gasteiger partial charge in [-0.1, -0.05) is 13.8 Å². The minimum absolute atomic E-state index is 0.146. The number of benzene rings is 1. The minimum atomic E-state index is -0.559. The third-order valence-electron chi connectivity index (χ3n) is 2.50. The van der Waals surface area contributed by atoms with Crippen molar-refractivity contribution in [1.82, 2.24) is 0 Å². The zero-order chi connectivity index (χ0) is 15.1. The van der Waals surface area contributed by atoms with E-state index in [0.29, 0.717) is 24.7 Å². The summed E-state index contributed by atoms with van der Waals surface area (Å²) < 4.78 is 10.7. The van der Waals surface area contributed by atoms with Gasteiger partial charge < -0.3 is 9.47 Å². The highest BCUT2D eigenvalue weighted by Gasteiger charge is 2.17. The van der Waals surface area contributed by atoms with E-state index >= 15 is 0 Å². The molecule has 0 saturated carbocycles. The summed E-state index contributed by atoms with van der Waals surface area (Å²) in [5.74, 6) is 0.354. The smallest absolute Gasteiger partial charge is 0.311 e. The molecule has 0 spiro atoms. The summed E-state index contributed by atoms with van der Waals surface area (Å²) in [4.78, 5) is 21.6. The molecule has 6 nitrogen and oxygen atoms in total. The van der Waals surface area contributed by atoms with E-state index in [1.165, 1.54) is 25.1 Å². The molecule has 0 radical (unpaired) electrons. The van der Waals surface area contributed by atoms with Crippen molar-refractivity contribution in [1.29, 1.82) is 0 Å². The number of nitro groups is 1. The minimum Gasteiger partial charge on any atom is -0.484 e. The Bertz CT molecular complexity index is 484. The fourth-order valence-electron chi connectivity index (χ4n) is 1.53. The second-order valence-corrected chi connectivity index (χ2v) is 4.81. The van der Waals surface area contributed by atoms with Gasteiger partial charge in [-0.15, -0.1) is 0 Å². The van der Waals surface area contributed by atoms with Crippen molar-refractivity contribution in [2.75, 3.05) is 19.8 Å². The highest BCUT2D eigenvalue weighted by molar-refractivity contribution is 5.95. The van der Waals surface area contributed by atoms with Crippen molar-refractivity contribution in [3.05, 3.63) is 33.9 Å². The van der Waals surface area contributed by atoms with Crippen LogP contribution in [-0.2, 0) is 4.74 Å². The van der Waals surface area contributed by atoms with Gasteiger partial charge in [0.05, 0.1) is 11.5 Å². The lowest BCUT2D eigenvalue weighted by molar-refractivity contribution is -0.385. The molecular formula is C14H19NO5. The van der Waals surface area contributed by atoms with E-state index in [2.05, 4.69) is 0 Å². The van der Waals surface area contributed by atoms with Crippen molar-refractivity contribution >= 4 is 11.5 Å². The molecule has 0 bridgehead atoms. The van der Waals surface area contributed by atoms with Gasteiger partial charge in [-0.25, -0.2) is 0 Å². The standard InChI is InChI=1S/C14H19NO5/c1-10(2)9-19-6-7-20-14-5-4-12(11(3)16)8-13(14)15(17)18/h4-5,8,10H,6-7,9H2,1-3H3. The second-order valence-electron chi connectivity index (χ2n) is 4.81. The molecule has 0 aliphatic heterocycles. The Morgan fingerprint density at radius 3 is 2.60 bits per heavy atom. The van der Waals surface area contributed by atoms with E-state index in [9.17, 15) is 14.9 Å². The summed E-state index contributed by atoms with van der Waals surface area (Å²) in [6.07, 6.45) is 0. The SMILES string of the molecule is CC(=O)c1ccc(OCCOCC(C)C)c([N+](=O)[O-])c1. The van der Waals surface area contributed by atoms with Crippen LogP contribution in [0.3, 0.4) is 0 Å². The van der Waals surface area contributed by atoms with Gasteiger partial charge in [0.2, 0.25) is 0 Å². The van der Waals surface area contributed by atoms with Crippen molar-refractivity contribution in [3.8, 4) is 5.75 Å². The first-order chi connectivity index (χ1) is 9.41. The summed E-state index contributed by atoms with van der Waals surface area (Å²) >= 11 is 0. The van der Waals surface area contributed by atoms with Crippen LogP contribution in [0.5, 0.6) is 5.75 Å². The van der Waals surface area contributed by atoms with Crippen LogP contribution in [0.25, 0.3) is 0 Å². The number of nitrogens with zero attached hydrogens (tertiary/aromatic N) is 1. The molecule has 110 valence electrons. The summed E-state index contributed by atoms with van der Waals surface area (Å²) in [6, 6.07) is 4.18. The number of hydrogen-bond donors (Lipinski definition) is 0. The molecule has 0 aliphatic rings. The van der Waals surface area contributed by atoms with E-state index in [4.69, 9.17) is 9.47 Å². The van der Waals surface area contributed by atoms with Gasteiger partial charge in [-0.2, -0.15) is 0 Å². The van der Waals surface area contributed by atoms with Crippen LogP contribution < -0.4 is 4.74 Å². The summed E-state index contributed by atoms with van der Waals surface area (Å²) in [5, 5.41) is 11.0. The first-order valence-corrected chi connectivity index (χ1v) is 6.41. The third kappa shape index (κ3) is 4.97. The quantitative estimate of drug-likeness (QED) is 0.317. The third-order valence-corrected chi connectivity index (χ3v) is 2.50. The van der Waals surface area contributed by atoms with Crippen LogP contribution in [0, 0.1) is 16.0 Å². The number of nitro benzene ring substituents is 1. The molecule has 0 fully saturated rings. The molecule has 0 saturated heterocycles. The Kier molecular flexibility index (Phi) is 6.11. The van der Waals surface area contributed by atoms with Gasteiger partial charge in [0.1, 0.15) is 6.61 Å². The van der Waals surface area contributed by atoms with E-state index in [0.717, 1.165) is 0 Å². The highest BCUT2D eigenvalue weighted by atomic mass is 16.6. The summed E-state index contributed by atoms with van der Waals surface area (Å²) in [5.41, 5.74) is 0.0849. The summed E-state index contributed by atoms with van der Waals surface area (Å²) in [6.45, 7) is 6.64. The molecule has 0 amide bonds. The Hall–Kier alpha value is -1.95. The van der Waals surface area contributed by atoms with E-state index in [1.54, 1.807) is 0 Å². The van der Waals surface area contributed by atoms with E-state index in [-0.39, 0.29) is 23.8 Å². The van der Waals surface area contributed by atoms with Crippen LogP contribution in [0.15, 0.2) is 18.2 Å². The van der Waals surface area contributed by atoms with Crippen molar-refractivity contribution in [2.24, 2.45) is 5.92 Å². The molecule has 0 N–H and O–H groups in total. The van der Waals surface area contributed by atoms with Crippen molar-refractivity contribution in [2.45, 2.75) is 20.8 Å². The van der Waals surface area contributed by atoms with E-state index < -0.39 is 4.92 Å². The fourth-order valence-corrected chi connectivity index (χ4v) is 1.53. The van der Waals surface area contributed by atoms with Gasteiger partial charge >= 0.3 is 5.69 Å². The average molecular weight is 281 g/mol. The van der Waals surface area contributed by atoms with Gasteiger partial charge in [-0.05, 0) is 25.0 Å². The molecule has 1 aromatic rings. The lowest BCUT2D eigenvalue weighted by atomic mass is 10.1. The molecule has 0 unspecified atom stereocenters. The molecule has 1 aromatic carbocycles. The predicted octanol–water partition coefficient (Wildman–Crippen LogP) is 2.85. The lowest BCUT2D eigenvalue weighted by Crippen LogP contribution is -2.11. The first-order valence-electron chi connectivity index (χ1n) is 6.41. The summed E-state index contributed by atoms with van der Waals surface area (Å²) in [7, 11) is 0. The second kappa shape index (κ2) is 7.59. The van der Waals surface area contributed by atoms with Crippen LogP contribution in [-0.4, -0.2) is 30.5 Å². The molecule has 6 heteroatoms. The molecule has 1 rings (SSSR count). The zero-order valence-electron chi connectivity index (χ0n) is 11.9. The number of Topliss-reactive ketones (excluding diaryl/α,β-unsaturated/α-hetero) is 1. The molecule has 0 heterocycles. The Morgan fingerprint density at radius 2 is 2.05 bits per heavy atom. The Morgan fingerprint density at radius 1 is 1.35 bits per heavy atom. The normalized spacial score (nSPS) is 10.6. The van der Waals surface area contributed by atoms with Crippen LogP contribution in [0.4, 0.5) is 5.69 Å². The number of carbonyl (C=O) groups excluding carboxylic acids is 1. The maximum absolute atomic E-state index is 11.2. The van der Waals surface area contributed by atoms with Crippen molar-refractivity contribution in [3.63, 3.8) is 0 Å². The predicted molar refractivity (Wildman–Crippen MR) is 74.3 cm³/mol. The van der Waals surface area contributed by atoms with Crippen LogP contribution >= 0.6 is 0 Å². The number of carbonyl (C=O) groups is 1. The molecule has 0 atom stereocenters. The molecule has 0 aliphatic carbocycles. The van der Waals surface area contributed by atoms with Gasteiger partial charge in [-0.3, -0.25) is 14.9 Å². The molecular weight excluding hydrogens is 262 g/mol. The number of hydrogen-bond acceptors (Lipinski definition) is 5. The van der Waals surface area contributed by atoms with E-state index in [1.807, 2.05) is 13.8 Å². The number of ether oxygens (including phenoxy) is 2. The number of rotatable bonds is 8. The van der Waals surface area contributed by atoms with Gasteiger partial charge in [0, 0.05) is 18.2 Å². The van der Waals surface area contributed by atoms with Gasteiger partial charge in [0.15, 0.2) is 11.5 Å². The van der Waals surface area contributed by atoms with Crippen LogP contribution in [0.2, 0.25) is 0 Å². The monoisotopic (exact) mass is 281 g/mol. The maximum Gasteiger partial charge on any atom is 0.311 e. The topological polar surface area (TPSA) is 78.7 Å². The van der Waals surface area contributed by atoms with Crippen molar-refractivity contribution < 1.29 is 19.2 Å². The molecule has 0 aromatic heterocycles. The Labute approximate surface area is 117 Å². The Balaban J connectivity index is 2.65. The number of ketones is 1.